The van der Waals surface area contributed by atoms with Crippen LogP contribution in [0.15, 0.2) is 57.9 Å². The number of nitrogens with one attached hydrogen (secondary N) is 1. The fraction of sp³-hybridized carbons (Fsp3) is 0.409. The minimum absolute atomic E-state index is 0.0272. The number of hydrogen-bond acceptors (Lipinski definition) is 4. The van der Waals surface area contributed by atoms with Crippen LogP contribution in [0.1, 0.15) is 38.3 Å². The van der Waals surface area contributed by atoms with Crippen molar-refractivity contribution in [3.63, 3.8) is 0 Å². The summed E-state index contributed by atoms with van der Waals surface area (Å²) in [5, 5.41) is 3.05. The Morgan fingerprint density at radius 3 is 2.47 bits per heavy atom. The summed E-state index contributed by atoms with van der Waals surface area (Å²) >= 11 is 3.45. The number of nitrogens with zero attached hydrogens (tertiary/aromatic N) is 1. The number of sulfonamides is 1. The molecule has 1 saturated heterocycles. The Morgan fingerprint density at radius 1 is 1.20 bits per heavy atom. The van der Waals surface area contributed by atoms with Crippen molar-refractivity contribution in [1.82, 2.24) is 9.62 Å². The number of carbonyl (C=O) groups is 1. The lowest BCUT2D eigenvalue weighted by atomic mass is 9.96. The van der Waals surface area contributed by atoms with Crippen LogP contribution in [0.5, 0.6) is 5.75 Å². The van der Waals surface area contributed by atoms with Gasteiger partial charge >= 0.3 is 0 Å². The maximum absolute atomic E-state index is 12.9. The molecule has 0 radical (unpaired) electrons. The van der Waals surface area contributed by atoms with Crippen molar-refractivity contribution >= 4 is 31.9 Å². The fourth-order valence-corrected chi connectivity index (χ4v) is 5.46. The van der Waals surface area contributed by atoms with Crippen molar-refractivity contribution in [2.45, 2.75) is 37.6 Å². The molecule has 2 aromatic carbocycles. The fourth-order valence-electron chi connectivity index (χ4n) is 3.57. The molecule has 1 amide bonds. The van der Waals surface area contributed by atoms with Crippen molar-refractivity contribution in [2.75, 3.05) is 19.7 Å². The summed E-state index contributed by atoms with van der Waals surface area (Å²) in [7, 11) is -3.57. The molecule has 1 heterocycles. The van der Waals surface area contributed by atoms with E-state index in [1.165, 1.54) is 4.31 Å². The first kappa shape index (κ1) is 22.8. The highest BCUT2D eigenvalue weighted by atomic mass is 79.9. The Labute approximate surface area is 186 Å². The minimum Gasteiger partial charge on any atom is -0.494 e. The second-order valence-electron chi connectivity index (χ2n) is 7.37. The van der Waals surface area contributed by atoms with Gasteiger partial charge in [0.15, 0.2) is 0 Å². The first-order valence-corrected chi connectivity index (χ1v) is 12.3. The summed E-state index contributed by atoms with van der Waals surface area (Å²) in [5.74, 6) is 0.429. The van der Waals surface area contributed by atoms with Crippen molar-refractivity contribution in [3.05, 3.63) is 58.6 Å². The van der Waals surface area contributed by atoms with Gasteiger partial charge in [-0.2, -0.15) is 4.31 Å². The van der Waals surface area contributed by atoms with E-state index < -0.39 is 10.0 Å². The van der Waals surface area contributed by atoms with Crippen molar-refractivity contribution in [3.8, 4) is 5.75 Å². The lowest BCUT2D eigenvalue weighted by Crippen LogP contribution is -2.43. The number of halogens is 1. The first-order chi connectivity index (χ1) is 14.3. The molecule has 0 bridgehead atoms. The van der Waals surface area contributed by atoms with Gasteiger partial charge in [-0.3, -0.25) is 4.79 Å². The van der Waals surface area contributed by atoms with E-state index in [9.17, 15) is 13.2 Å². The smallest absolute Gasteiger partial charge is 0.243 e. The average molecular weight is 495 g/mol. The molecular formula is C22H27BrN2O4S. The van der Waals surface area contributed by atoms with E-state index in [-0.39, 0.29) is 22.8 Å². The zero-order chi connectivity index (χ0) is 21.7. The van der Waals surface area contributed by atoms with Crippen LogP contribution >= 0.6 is 15.9 Å². The number of hydrogen-bond donors (Lipinski definition) is 1. The molecule has 0 spiro atoms. The standard InChI is InChI=1S/C22H27BrN2O4S/c1-3-29-20-7-9-21(10-8-20)30(27,28)25-13-11-17(12-14-25)22(26)24-16(2)18-5-4-6-19(23)15-18/h4-10,15-17H,3,11-14H2,1-2H3,(H,24,26). The van der Waals surface area contributed by atoms with Gasteiger partial charge in [0.25, 0.3) is 0 Å². The van der Waals surface area contributed by atoms with E-state index >= 15 is 0 Å². The number of carbonyl (C=O) groups excluding carboxylic acids is 1. The zero-order valence-electron chi connectivity index (χ0n) is 17.2. The number of piperidine rings is 1. The molecular weight excluding hydrogens is 468 g/mol. The molecule has 6 nitrogen and oxygen atoms in total. The number of benzene rings is 2. The Kier molecular flexibility index (Phi) is 7.55. The van der Waals surface area contributed by atoms with Crippen LogP contribution in [0.4, 0.5) is 0 Å². The molecule has 1 N–H and O–H groups in total. The number of ether oxygens (including phenoxy) is 1. The third kappa shape index (κ3) is 5.42. The highest BCUT2D eigenvalue weighted by Gasteiger charge is 2.32. The van der Waals surface area contributed by atoms with E-state index in [1.54, 1.807) is 24.3 Å². The van der Waals surface area contributed by atoms with Gasteiger partial charge in [-0.05, 0) is 68.7 Å². The molecule has 1 fully saturated rings. The monoisotopic (exact) mass is 494 g/mol. The summed E-state index contributed by atoms with van der Waals surface area (Å²) in [4.78, 5) is 12.9. The molecule has 0 aliphatic carbocycles. The highest BCUT2D eigenvalue weighted by Crippen LogP contribution is 2.26. The van der Waals surface area contributed by atoms with Crippen molar-refractivity contribution in [2.24, 2.45) is 5.92 Å². The molecule has 0 saturated carbocycles. The van der Waals surface area contributed by atoms with Gasteiger partial charge in [0.1, 0.15) is 5.75 Å². The molecule has 1 unspecified atom stereocenters. The zero-order valence-corrected chi connectivity index (χ0v) is 19.6. The predicted molar refractivity (Wildman–Crippen MR) is 120 cm³/mol. The normalized spacial score (nSPS) is 16.8. The maximum Gasteiger partial charge on any atom is 0.243 e. The number of amides is 1. The van der Waals surface area contributed by atoms with Gasteiger partial charge < -0.3 is 10.1 Å². The molecule has 1 aliphatic heterocycles. The molecule has 0 aromatic heterocycles. The van der Waals surface area contributed by atoms with Gasteiger partial charge in [-0.1, -0.05) is 28.1 Å². The van der Waals surface area contributed by atoms with Crippen LogP contribution < -0.4 is 10.1 Å². The van der Waals surface area contributed by atoms with E-state index in [1.807, 2.05) is 38.1 Å². The van der Waals surface area contributed by atoms with Gasteiger partial charge in [-0.15, -0.1) is 0 Å². The summed E-state index contributed by atoms with van der Waals surface area (Å²) < 4.78 is 33.6. The Morgan fingerprint density at radius 2 is 1.87 bits per heavy atom. The quantitative estimate of drug-likeness (QED) is 0.627. The minimum atomic E-state index is -3.57. The largest absolute Gasteiger partial charge is 0.494 e. The Balaban J connectivity index is 1.57. The van der Waals surface area contributed by atoms with E-state index in [0.717, 1.165) is 10.0 Å². The second-order valence-corrected chi connectivity index (χ2v) is 10.2. The lowest BCUT2D eigenvalue weighted by Gasteiger charge is -2.31. The second kappa shape index (κ2) is 9.94. The van der Waals surface area contributed by atoms with Crippen molar-refractivity contribution in [1.29, 1.82) is 0 Å². The molecule has 1 atom stereocenters. The van der Waals surface area contributed by atoms with E-state index in [2.05, 4.69) is 21.2 Å². The Bertz CT molecular complexity index is 971. The van der Waals surface area contributed by atoms with Crippen LogP contribution in [0.3, 0.4) is 0 Å². The molecule has 162 valence electrons. The van der Waals surface area contributed by atoms with Gasteiger partial charge in [-0.25, -0.2) is 8.42 Å². The molecule has 2 aromatic rings. The van der Waals surface area contributed by atoms with Gasteiger partial charge in [0.2, 0.25) is 15.9 Å². The van der Waals surface area contributed by atoms with Crippen LogP contribution in [0.25, 0.3) is 0 Å². The maximum atomic E-state index is 12.9. The van der Waals surface area contributed by atoms with Crippen LogP contribution in [-0.4, -0.2) is 38.3 Å². The van der Waals surface area contributed by atoms with Crippen LogP contribution in [0.2, 0.25) is 0 Å². The van der Waals surface area contributed by atoms with Gasteiger partial charge in [0.05, 0.1) is 17.5 Å². The molecule has 1 aliphatic rings. The summed E-state index contributed by atoms with van der Waals surface area (Å²) in [5.41, 5.74) is 1.02. The summed E-state index contributed by atoms with van der Waals surface area (Å²) in [6.45, 7) is 5.02. The first-order valence-electron chi connectivity index (χ1n) is 10.1. The lowest BCUT2D eigenvalue weighted by molar-refractivity contribution is -0.126. The highest BCUT2D eigenvalue weighted by molar-refractivity contribution is 9.10. The van der Waals surface area contributed by atoms with Crippen LogP contribution in [0, 0.1) is 5.92 Å². The topological polar surface area (TPSA) is 75.7 Å². The third-order valence-electron chi connectivity index (χ3n) is 5.30. The average Bonchev–Trinajstić information content (AvgIpc) is 2.74. The van der Waals surface area contributed by atoms with Gasteiger partial charge in [0, 0.05) is 23.5 Å². The van der Waals surface area contributed by atoms with Crippen molar-refractivity contribution < 1.29 is 17.9 Å². The summed E-state index contributed by atoms with van der Waals surface area (Å²) in [6.07, 6.45) is 1.01. The van der Waals surface area contributed by atoms with E-state index in [0.29, 0.717) is 38.3 Å². The van der Waals surface area contributed by atoms with E-state index in [4.69, 9.17) is 4.74 Å². The number of rotatable bonds is 7. The van der Waals surface area contributed by atoms with Crippen LogP contribution in [-0.2, 0) is 14.8 Å². The molecule has 8 heteroatoms. The summed E-state index contributed by atoms with van der Waals surface area (Å²) in [6, 6.07) is 14.2. The molecule has 3 rings (SSSR count). The SMILES string of the molecule is CCOc1ccc(S(=O)(=O)N2CCC(C(=O)NC(C)c3cccc(Br)c3)CC2)cc1. The Hall–Kier alpha value is -1.90. The molecule has 30 heavy (non-hydrogen) atoms. The third-order valence-corrected chi connectivity index (χ3v) is 7.71. The predicted octanol–water partition coefficient (Wildman–Crippen LogP) is 4.13.